The Bertz CT molecular complexity index is 413. The second-order valence-electron chi connectivity index (χ2n) is 5.25. The van der Waals surface area contributed by atoms with Gasteiger partial charge in [-0.1, -0.05) is 23.7 Å². The minimum atomic E-state index is 0. The van der Waals surface area contributed by atoms with Crippen LogP contribution in [0.5, 0.6) is 0 Å². The van der Waals surface area contributed by atoms with E-state index in [1.165, 1.54) is 5.56 Å². The summed E-state index contributed by atoms with van der Waals surface area (Å²) in [6.07, 6.45) is 0.922. The molecule has 0 aliphatic carbocycles. The zero-order valence-electron chi connectivity index (χ0n) is 12.0. The van der Waals surface area contributed by atoms with Crippen LogP contribution in [-0.4, -0.2) is 25.1 Å². The van der Waals surface area contributed by atoms with Crippen LogP contribution in [0.4, 0.5) is 0 Å². The van der Waals surface area contributed by atoms with E-state index in [0.29, 0.717) is 0 Å². The Labute approximate surface area is 138 Å². The average molecular weight is 396 g/mol. The highest BCUT2D eigenvalue weighted by atomic mass is 127. The quantitative estimate of drug-likeness (QED) is 0.467. The first kappa shape index (κ1) is 18.5. The molecule has 0 spiro atoms. The van der Waals surface area contributed by atoms with Gasteiger partial charge in [0.25, 0.3) is 0 Å². The van der Waals surface area contributed by atoms with Gasteiger partial charge in [0, 0.05) is 24.2 Å². The molecule has 1 aromatic rings. The van der Waals surface area contributed by atoms with E-state index in [9.17, 15) is 0 Å². The van der Waals surface area contributed by atoms with Crippen LogP contribution in [0.1, 0.15) is 26.3 Å². The largest absolute Gasteiger partial charge is 0.356 e. The van der Waals surface area contributed by atoms with Crippen LogP contribution >= 0.6 is 35.6 Å². The van der Waals surface area contributed by atoms with Crippen molar-refractivity contribution in [1.82, 2.24) is 10.6 Å². The number of nitrogens with one attached hydrogen (secondary N) is 2. The van der Waals surface area contributed by atoms with E-state index in [1.54, 1.807) is 7.05 Å². The molecule has 0 saturated carbocycles. The molecule has 3 nitrogen and oxygen atoms in total. The lowest BCUT2D eigenvalue weighted by molar-refractivity contribution is 0.501. The van der Waals surface area contributed by atoms with Crippen molar-refractivity contribution >= 4 is 41.5 Å². The van der Waals surface area contributed by atoms with Crippen molar-refractivity contribution < 1.29 is 0 Å². The van der Waals surface area contributed by atoms with E-state index in [1.807, 2.05) is 18.2 Å². The summed E-state index contributed by atoms with van der Waals surface area (Å²) in [7, 11) is 1.78. The van der Waals surface area contributed by atoms with Gasteiger partial charge in [-0.05, 0) is 44.9 Å². The fourth-order valence-electron chi connectivity index (χ4n) is 1.55. The summed E-state index contributed by atoms with van der Waals surface area (Å²) in [5.41, 5.74) is 1.24. The summed E-state index contributed by atoms with van der Waals surface area (Å²) in [6.45, 7) is 7.15. The number of guanidine groups is 1. The first-order valence-corrected chi connectivity index (χ1v) is 6.52. The van der Waals surface area contributed by atoms with Crippen molar-refractivity contribution in [2.24, 2.45) is 4.99 Å². The molecule has 1 aromatic carbocycles. The molecule has 0 unspecified atom stereocenters. The maximum Gasteiger partial charge on any atom is 0.191 e. The highest BCUT2D eigenvalue weighted by molar-refractivity contribution is 14.0. The number of hydrogen-bond donors (Lipinski definition) is 2. The molecule has 0 fully saturated rings. The Hall–Kier alpha value is -0.490. The van der Waals surface area contributed by atoms with Crippen LogP contribution in [0.25, 0.3) is 0 Å². The van der Waals surface area contributed by atoms with Crippen molar-refractivity contribution in [3.05, 3.63) is 34.9 Å². The zero-order valence-corrected chi connectivity index (χ0v) is 15.0. The van der Waals surface area contributed by atoms with E-state index >= 15 is 0 Å². The molecular formula is C14H23ClIN3. The molecule has 0 heterocycles. The molecule has 0 saturated heterocycles. The van der Waals surface area contributed by atoms with Gasteiger partial charge in [0.15, 0.2) is 5.96 Å². The Balaban J connectivity index is 0.00000324. The standard InChI is InChI=1S/C14H22ClN3.HI/c1-14(2,3)18-13(16-4)17-9-8-11-6-5-7-12(15)10-11;/h5-7,10H,8-9H2,1-4H3,(H2,16,17,18);1H. The SMILES string of the molecule is CN=C(NCCc1cccc(Cl)c1)NC(C)(C)C.I. The highest BCUT2D eigenvalue weighted by Crippen LogP contribution is 2.10. The maximum atomic E-state index is 5.94. The molecule has 0 atom stereocenters. The van der Waals surface area contributed by atoms with Gasteiger partial charge in [-0.25, -0.2) is 0 Å². The monoisotopic (exact) mass is 395 g/mol. The number of rotatable bonds is 3. The molecule has 2 N–H and O–H groups in total. The van der Waals surface area contributed by atoms with E-state index in [2.05, 4.69) is 42.5 Å². The molecular weight excluding hydrogens is 373 g/mol. The first-order valence-electron chi connectivity index (χ1n) is 6.14. The molecule has 0 radical (unpaired) electrons. The minimum Gasteiger partial charge on any atom is -0.356 e. The van der Waals surface area contributed by atoms with Gasteiger partial charge >= 0.3 is 0 Å². The molecule has 108 valence electrons. The van der Waals surface area contributed by atoms with E-state index in [-0.39, 0.29) is 29.5 Å². The first-order chi connectivity index (χ1) is 8.40. The summed E-state index contributed by atoms with van der Waals surface area (Å²) in [5, 5.41) is 7.39. The van der Waals surface area contributed by atoms with Crippen molar-refractivity contribution in [3.8, 4) is 0 Å². The van der Waals surface area contributed by atoms with Crippen molar-refractivity contribution in [2.75, 3.05) is 13.6 Å². The lowest BCUT2D eigenvalue weighted by atomic mass is 10.1. The molecule has 0 bridgehead atoms. The van der Waals surface area contributed by atoms with Gasteiger partial charge in [-0.2, -0.15) is 0 Å². The molecule has 5 heteroatoms. The van der Waals surface area contributed by atoms with Gasteiger partial charge in [-0.15, -0.1) is 24.0 Å². The van der Waals surface area contributed by atoms with E-state index in [4.69, 9.17) is 11.6 Å². The normalized spacial score (nSPS) is 11.7. The lowest BCUT2D eigenvalue weighted by Gasteiger charge is -2.23. The molecule has 0 aliphatic heterocycles. The highest BCUT2D eigenvalue weighted by Gasteiger charge is 2.11. The van der Waals surface area contributed by atoms with Crippen molar-refractivity contribution in [1.29, 1.82) is 0 Å². The van der Waals surface area contributed by atoms with Crippen LogP contribution in [0, 0.1) is 0 Å². The minimum absolute atomic E-state index is 0. The predicted molar refractivity (Wildman–Crippen MR) is 94.8 cm³/mol. The van der Waals surface area contributed by atoms with E-state index < -0.39 is 0 Å². The topological polar surface area (TPSA) is 36.4 Å². The van der Waals surface area contributed by atoms with Crippen LogP contribution in [0.3, 0.4) is 0 Å². The maximum absolute atomic E-state index is 5.94. The van der Waals surface area contributed by atoms with Crippen molar-refractivity contribution in [3.63, 3.8) is 0 Å². The third kappa shape index (κ3) is 8.31. The van der Waals surface area contributed by atoms with Gasteiger partial charge in [0.05, 0.1) is 0 Å². The van der Waals surface area contributed by atoms with Crippen LogP contribution in [0.2, 0.25) is 5.02 Å². The summed E-state index contributed by atoms with van der Waals surface area (Å²) >= 11 is 5.94. The Morgan fingerprint density at radius 1 is 1.32 bits per heavy atom. The van der Waals surface area contributed by atoms with Gasteiger partial charge in [0.1, 0.15) is 0 Å². The summed E-state index contributed by atoms with van der Waals surface area (Å²) < 4.78 is 0. The number of benzene rings is 1. The Morgan fingerprint density at radius 3 is 2.53 bits per heavy atom. The second kappa shape index (κ2) is 8.64. The van der Waals surface area contributed by atoms with Gasteiger partial charge < -0.3 is 10.6 Å². The third-order valence-electron chi connectivity index (χ3n) is 2.31. The molecule has 0 amide bonds. The number of nitrogens with zero attached hydrogens (tertiary/aromatic N) is 1. The second-order valence-corrected chi connectivity index (χ2v) is 5.69. The number of hydrogen-bond acceptors (Lipinski definition) is 1. The van der Waals surface area contributed by atoms with E-state index in [0.717, 1.165) is 23.9 Å². The zero-order chi connectivity index (χ0) is 13.6. The summed E-state index contributed by atoms with van der Waals surface area (Å²) in [4.78, 5) is 4.19. The number of halogens is 2. The van der Waals surface area contributed by atoms with Crippen LogP contribution < -0.4 is 10.6 Å². The molecule has 19 heavy (non-hydrogen) atoms. The predicted octanol–water partition coefficient (Wildman–Crippen LogP) is 3.46. The smallest absolute Gasteiger partial charge is 0.191 e. The van der Waals surface area contributed by atoms with Gasteiger partial charge in [0.2, 0.25) is 0 Å². The molecule has 1 rings (SSSR count). The third-order valence-corrected chi connectivity index (χ3v) is 2.55. The summed E-state index contributed by atoms with van der Waals surface area (Å²) in [5.74, 6) is 0.824. The molecule has 0 aliphatic rings. The van der Waals surface area contributed by atoms with Crippen LogP contribution in [0.15, 0.2) is 29.3 Å². The van der Waals surface area contributed by atoms with Gasteiger partial charge in [-0.3, -0.25) is 4.99 Å². The lowest BCUT2D eigenvalue weighted by Crippen LogP contribution is -2.48. The Kier molecular flexibility index (Phi) is 8.41. The molecule has 0 aromatic heterocycles. The summed E-state index contributed by atoms with van der Waals surface area (Å²) in [6, 6.07) is 7.93. The fraction of sp³-hybridized carbons (Fsp3) is 0.500. The Morgan fingerprint density at radius 2 is 2.00 bits per heavy atom. The fourth-order valence-corrected chi connectivity index (χ4v) is 1.76. The average Bonchev–Trinajstić information content (AvgIpc) is 2.26. The number of aliphatic imine (C=N–C) groups is 1. The van der Waals surface area contributed by atoms with Crippen molar-refractivity contribution in [2.45, 2.75) is 32.7 Å². The van der Waals surface area contributed by atoms with Crippen LogP contribution in [-0.2, 0) is 6.42 Å².